The van der Waals surface area contributed by atoms with Crippen LogP contribution in [0.4, 0.5) is 5.82 Å². The SMILES string of the molecule is Nc1ncccc1CN1CCC2NNC(c3cccc4ccccc34)C2C1. The number of nitrogens with one attached hydrogen (secondary N) is 2. The van der Waals surface area contributed by atoms with Gasteiger partial charge in [-0.1, -0.05) is 48.5 Å². The van der Waals surface area contributed by atoms with Crippen LogP contribution in [0.25, 0.3) is 10.8 Å². The maximum atomic E-state index is 6.06. The van der Waals surface area contributed by atoms with Crippen LogP contribution in [-0.2, 0) is 6.54 Å². The van der Waals surface area contributed by atoms with Crippen molar-refractivity contribution in [3.63, 3.8) is 0 Å². The summed E-state index contributed by atoms with van der Waals surface area (Å²) >= 11 is 0. The number of piperidine rings is 1. The van der Waals surface area contributed by atoms with E-state index in [-0.39, 0.29) is 0 Å². The zero-order valence-corrected chi connectivity index (χ0v) is 15.3. The molecular formula is C22H25N5. The van der Waals surface area contributed by atoms with Gasteiger partial charge in [0.15, 0.2) is 0 Å². The van der Waals surface area contributed by atoms with E-state index in [1.54, 1.807) is 6.20 Å². The van der Waals surface area contributed by atoms with Gasteiger partial charge in [0.1, 0.15) is 5.82 Å². The summed E-state index contributed by atoms with van der Waals surface area (Å²) in [5.74, 6) is 1.18. The Morgan fingerprint density at radius 1 is 1.04 bits per heavy atom. The van der Waals surface area contributed by atoms with Crippen molar-refractivity contribution in [2.45, 2.75) is 25.0 Å². The molecule has 138 valence electrons. The van der Waals surface area contributed by atoms with E-state index in [9.17, 15) is 0 Å². The monoisotopic (exact) mass is 359 g/mol. The molecule has 2 aliphatic heterocycles. The summed E-state index contributed by atoms with van der Waals surface area (Å²) in [5.41, 5.74) is 15.7. The van der Waals surface area contributed by atoms with Gasteiger partial charge in [-0.05, 0) is 28.8 Å². The molecule has 5 heteroatoms. The number of rotatable bonds is 3. The molecule has 27 heavy (non-hydrogen) atoms. The highest BCUT2D eigenvalue weighted by atomic mass is 15.4. The predicted octanol–water partition coefficient (Wildman–Crippen LogP) is 2.86. The Bertz CT molecular complexity index is 951. The van der Waals surface area contributed by atoms with Crippen molar-refractivity contribution < 1.29 is 0 Å². The molecule has 0 aliphatic carbocycles. The summed E-state index contributed by atoms with van der Waals surface area (Å²) in [6.45, 7) is 2.99. The number of likely N-dealkylation sites (tertiary alicyclic amines) is 1. The molecule has 5 nitrogen and oxygen atoms in total. The molecule has 3 atom stereocenters. The van der Waals surface area contributed by atoms with Crippen molar-refractivity contribution in [3.8, 4) is 0 Å². The normalized spacial score (nSPS) is 25.6. The van der Waals surface area contributed by atoms with Gasteiger partial charge in [0.2, 0.25) is 0 Å². The van der Waals surface area contributed by atoms with Gasteiger partial charge in [-0.15, -0.1) is 0 Å². The molecule has 5 rings (SSSR count). The topological polar surface area (TPSA) is 66.2 Å². The number of nitrogens with zero attached hydrogens (tertiary/aromatic N) is 2. The first kappa shape index (κ1) is 16.7. The number of pyridine rings is 1. The Morgan fingerprint density at radius 2 is 1.93 bits per heavy atom. The van der Waals surface area contributed by atoms with Gasteiger partial charge in [-0.3, -0.25) is 10.3 Å². The van der Waals surface area contributed by atoms with E-state index in [4.69, 9.17) is 5.73 Å². The minimum absolute atomic E-state index is 0.315. The summed E-state index contributed by atoms with van der Waals surface area (Å²) in [4.78, 5) is 6.75. The van der Waals surface area contributed by atoms with Crippen LogP contribution in [0.5, 0.6) is 0 Å². The van der Waals surface area contributed by atoms with Crippen LogP contribution >= 0.6 is 0 Å². The van der Waals surface area contributed by atoms with Gasteiger partial charge in [0, 0.05) is 43.4 Å². The predicted molar refractivity (Wildman–Crippen MR) is 109 cm³/mol. The molecule has 2 aromatic carbocycles. The molecule has 3 heterocycles. The molecule has 2 aliphatic rings. The average Bonchev–Trinajstić information content (AvgIpc) is 3.12. The molecule has 4 N–H and O–H groups in total. The lowest BCUT2D eigenvalue weighted by molar-refractivity contribution is 0.148. The van der Waals surface area contributed by atoms with E-state index >= 15 is 0 Å². The van der Waals surface area contributed by atoms with Gasteiger partial charge >= 0.3 is 0 Å². The smallest absolute Gasteiger partial charge is 0.127 e. The quantitative estimate of drug-likeness (QED) is 0.671. The lowest BCUT2D eigenvalue weighted by Crippen LogP contribution is -2.45. The maximum Gasteiger partial charge on any atom is 0.127 e. The van der Waals surface area contributed by atoms with Crippen LogP contribution in [0.1, 0.15) is 23.6 Å². The fourth-order valence-electron chi connectivity index (χ4n) is 4.67. The maximum absolute atomic E-state index is 6.06. The van der Waals surface area contributed by atoms with E-state index in [0.29, 0.717) is 23.8 Å². The first-order valence-corrected chi connectivity index (χ1v) is 9.70. The van der Waals surface area contributed by atoms with Crippen molar-refractivity contribution in [1.82, 2.24) is 20.7 Å². The van der Waals surface area contributed by atoms with E-state index < -0.39 is 0 Å². The molecule has 2 fully saturated rings. The highest BCUT2D eigenvalue weighted by Crippen LogP contribution is 2.37. The zero-order valence-electron chi connectivity index (χ0n) is 15.3. The van der Waals surface area contributed by atoms with Crippen LogP contribution in [0.15, 0.2) is 60.8 Å². The highest BCUT2D eigenvalue weighted by Gasteiger charge is 2.40. The summed E-state index contributed by atoms with van der Waals surface area (Å²) in [6, 6.07) is 20.2. The number of aromatic nitrogens is 1. The molecule has 3 unspecified atom stereocenters. The molecule has 3 aromatic rings. The summed E-state index contributed by atoms with van der Waals surface area (Å²) in [7, 11) is 0. The Kier molecular flexibility index (Phi) is 4.28. The number of anilines is 1. The summed E-state index contributed by atoms with van der Waals surface area (Å²) in [6.07, 6.45) is 2.89. The first-order chi connectivity index (χ1) is 13.3. The molecule has 0 spiro atoms. The van der Waals surface area contributed by atoms with Gasteiger partial charge in [0.25, 0.3) is 0 Å². The third-order valence-corrected chi connectivity index (χ3v) is 6.07. The number of hydrogen-bond acceptors (Lipinski definition) is 5. The first-order valence-electron chi connectivity index (χ1n) is 9.70. The Morgan fingerprint density at radius 3 is 2.85 bits per heavy atom. The number of nitrogen functional groups attached to an aromatic ring is 1. The minimum atomic E-state index is 0.315. The molecule has 0 amide bonds. The molecular weight excluding hydrogens is 334 g/mol. The third kappa shape index (κ3) is 3.08. The second-order valence-electron chi connectivity index (χ2n) is 7.68. The Balaban J connectivity index is 1.41. The van der Waals surface area contributed by atoms with Gasteiger partial charge in [-0.25, -0.2) is 10.4 Å². The van der Waals surface area contributed by atoms with Crippen LogP contribution in [0, 0.1) is 5.92 Å². The van der Waals surface area contributed by atoms with Crippen molar-refractivity contribution in [2.24, 2.45) is 5.92 Å². The fraction of sp³-hybridized carbons (Fsp3) is 0.318. The molecule has 0 radical (unpaired) electrons. The van der Waals surface area contributed by atoms with Crippen LogP contribution in [0.2, 0.25) is 0 Å². The number of benzene rings is 2. The van der Waals surface area contributed by atoms with Crippen molar-refractivity contribution in [3.05, 3.63) is 71.9 Å². The van der Waals surface area contributed by atoms with E-state index in [1.165, 1.54) is 16.3 Å². The number of nitrogens with two attached hydrogens (primary N) is 1. The minimum Gasteiger partial charge on any atom is -0.383 e. The van der Waals surface area contributed by atoms with Crippen LogP contribution in [0.3, 0.4) is 0 Å². The van der Waals surface area contributed by atoms with Crippen LogP contribution < -0.4 is 16.6 Å². The lowest BCUT2D eigenvalue weighted by atomic mass is 9.83. The third-order valence-electron chi connectivity index (χ3n) is 6.07. The van der Waals surface area contributed by atoms with Gasteiger partial charge < -0.3 is 5.73 Å². The number of fused-ring (bicyclic) bond motifs is 2. The zero-order chi connectivity index (χ0) is 18.2. The fourth-order valence-corrected chi connectivity index (χ4v) is 4.67. The molecule has 0 saturated carbocycles. The molecule has 1 aromatic heterocycles. The second-order valence-corrected chi connectivity index (χ2v) is 7.68. The summed E-state index contributed by atoms with van der Waals surface area (Å²) < 4.78 is 0. The Hall–Kier alpha value is -2.47. The van der Waals surface area contributed by atoms with Crippen LogP contribution in [-0.4, -0.2) is 29.0 Å². The number of hydrazine groups is 1. The highest BCUT2D eigenvalue weighted by molar-refractivity contribution is 5.86. The van der Waals surface area contributed by atoms with Crippen molar-refractivity contribution >= 4 is 16.6 Å². The van der Waals surface area contributed by atoms with Gasteiger partial charge in [0.05, 0.1) is 6.04 Å². The number of hydrogen-bond donors (Lipinski definition) is 3. The van der Waals surface area contributed by atoms with Crippen molar-refractivity contribution in [1.29, 1.82) is 0 Å². The van der Waals surface area contributed by atoms with Crippen molar-refractivity contribution in [2.75, 3.05) is 18.8 Å². The van der Waals surface area contributed by atoms with E-state index in [1.807, 2.05) is 6.07 Å². The average molecular weight is 359 g/mol. The second kappa shape index (κ2) is 6.93. The largest absolute Gasteiger partial charge is 0.383 e. The Labute approximate surface area is 159 Å². The van der Waals surface area contributed by atoms with Gasteiger partial charge in [-0.2, -0.15) is 0 Å². The van der Waals surface area contributed by atoms with E-state index in [0.717, 1.165) is 31.6 Å². The molecule has 0 bridgehead atoms. The molecule has 2 saturated heterocycles. The van der Waals surface area contributed by atoms with E-state index in [2.05, 4.69) is 69.3 Å². The summed E-state index contributed by atoms with van der Waals surface area (Å²) in [5, 5.41) is 2.64. The lowest BCUT2D eigenvalue weighted by Gasteiger charge is -2.36. The standard InChI is InChI=1S/C22H25N5/c23-22-16(7-4-11-24-22)13-27-12-10-20-19(14-27)21(26-25-20)18-9-3-6-15-5-1-2-8-17(15)18/h1-9,11,19-21,25-26H,10,12-14H2,(H2,23,24).